The van der Waals surface area contributed by atoms with Gasteiger partial charge in [-0.05, 0) is 18.6 Å². The van der Waals surface area contributed by atoms with E-state index >= 15 is 0 Å². The van der Waals surface area contributed by atoms with Crippen LogP contribution in [0.5, 0.6) is 5.75 Å². The number of ether oxygens (including phenoxy) is 1. The van der Waals surface area contributed by atoms with Gasteiger partial charge in [0.05, 0.1) is 12.0 Å². The molecule has 5 nitrogen and oxygen atoms in total. The molecule has 5 heteroatoms. The average molecular weight is 294 g/mol. The van der Waals surface area contributed by atoms with Crippen molar-refractivity contribution in [3.05, 3.63) is 28.3 Å². The predicted molar refractivity (Wildman–Crippen MR) is 86.1 cm³/mol. The Kier molecular flexibility index (Phi) is 8.24. The van der Waals surface area contributed by atoms with E-state index in [0.29, 0.717) is 5.75 Å². The van der Waals surface area contributed by atoms with Crippen molar-refractivity contribution >= 4 is 11.4 Å². The molecule has 0 spiro atoms. The van der Waals surface area contributed by atoms with Gasteiger partial charge in [-0.15, -0.1) is 0 Å². The normalized spacial score (nSPS) is 10.4. The third-order valence-electron chi connectivity index (χ3n) is 3.49. The lowest BCUT2D eigenvalue weighted by Crippen LogP contribution is -2.02. The molecule has 1 rings (SSSR count). The Morgan fingerprint density at radius 3 is 2.43 bits per heavy atom. The fourth-order valence-corrected chi connectivity index (χ4v) is 2.26. The Hall–Kier alpha value is -1.78. The number of nitro groups is 1. The Balaban J connectivity index is 2.29. The number of hydrogen-bond acceptors (Lipinski definition) is 4. The van der Waals surface area contributed by atoms with Crippen molar-refractivity contribution in [2.45, 2.75) is 51.9 Å². The first-order valence-electron chi connectivity index (χ1n) is 7.75. The Bertz CT molecular complexity index is 436. The Morgan fingerprint density at radius 1 is 1.14 bits per heavy atom. The standard InChI is InChI=1S/C16H26N2O3/c1-3-4-5-6-7-8-9-12-17-14-10-11-16(21-2)15(13-14)18(19)20/h10-11,13,17H,3-9,12H2,1-2H3. The molecule has 0 unspecified atom stereocenters. The molecule has 0 amide bonds. The minimum absolute atomic E-state index is 0.00191. The summed E-state index contributed by atoms with van der Waals surface area (Å²) in [6, 6.07) is 4.97. The van der Waals surface area contributed by atoms with Crippen LogP contribution in [0.2, 0.25) is 0 Å². The molecule has 0 radical (unpaired) electrons. The van der Waals surface area contributed by atoms with Gasteiger partial charge in [0, 0.05) is 18.3 Å². The molecule has 0 bridgehead atoms. The smallest absolute Gasteiger partial charge is 0.312 e. The lowest BCUT2D eigenvalue weighted by molar-refractivity contribution is -0.385. The zero-order chi connectivity index (χ0) is 15.5. The largest absolute Gasteiger partial charge is 0.490 e. The summed E-state index contributed by atoms with van der Waals surface area (Å²) < 4.78 is 4.98. The molecule has 21 heavy (non-hydrogen) atoms. The van der Waals surface area contributed by atoms with Crippen LogP contribution >= 0.6 is 0 Å². The third-order valence-corrected chi connectivity index (χ3v) is 3.49. The highest BCUT2D eigenvalue weighted by molar-refractivity contribution is 5.58. The maximum atomic E-state index is 10.9. The number of unbranched alkanes of at least 4 members (excludes halogenated alkanes) is 6. The van der Waals surface area contributed by atoms with Crippen LogP contribution in [0.25, 0.3) is 0 Å². The summed E-state index contributed by atoms with van der Waals surface area (Å²) in [6.07, 6.45) is 8.80. The van der Waals surface area contributed by atoms with Gasteiger partial charge >= 0.3 is 5.69 Å². The average Bonchev–Trinajstić information content (AvgIpc) is 2.49. The van der Waals surface area contributed by atoms with E-state index in [2.05, 4.69) is 12.2 Å². The van der Waals surface area contributed by atoms with Crippen LogP contribution in [0.1, 0.15) is 51.9 Å². The van der Waals surface area contributed by atoms with Crippen molar-refractivity contribution in [1.29, 1.82) is 0 Å². The number of anilines is 1. The quantitative estimate of drug-likeness (QED) is 0.363. The summed E-state index contributed by atoms with van der Waals surface area (Å²) in [5.41, 5.74) is 0.774. The molecule has 0 aliphatic heterocycles. The molecular weight excluding hydrogens is 268 g/mol. The second-order valence-corrected chi connectivity index (χ2v) is 5.19. The van der Waals surface area contributed by atoms with Gasteiger partial charge in [-0.1, -0.05) is 45.4 Å². The molecule has 0 heterocycles. The van der Waals surface area contributed by atoms with Gasteiger partial charge in [0.1, 0.15) is 0 Å². The predicted octanol–water partition coefficient (Wildman–Crippen LogP) is 4.77. The molecule has 1 aromatic carbocycles. The fourth-order valence-electron chi connectivity index (χ4n) is 2.26. The molecule has 1 aromatic rings. The SMILES string of the molecule is CCCCCCCCCNc1ccc(OC)c([N+](=O)[O-])c1. The highest BCUT2D eigenvalue weighted by atomic mass is 16.6. The number of hydrogen-bond donors (Lipinski definition) is 1. The van der Waals surface area contributed by atoms with Gasteiger partial charge in [-0.3, -0.25) is 10.1 Å². The monoisotopic (exact) mass is 294 g/mol. The number of nitro benzene ring substituents is 1. The van der Waals surface area contributed by atoms with Gasteiger partial charge in [-0.2, -0.15) is 0 Å². The van der Waals surface area contributed by atoms with Crippen LogP contribution in [-0.4, -0.2) is 18.6 Å². The summed E-state index contributed by atoms with van der Waals surface area (Å²) >= 11 is 0. The lowest BCUT2D eigenvalue weighted by atomic mass is 10.1. The van der Waals surface area contributed by atoms with E-state index in [1.54, 1.807) is 6.07 Å². The first-order chi connectivity index (χ1) is 10.2. The molecule has 0 atom stereocenters. The lowest BCUT2D eigenvalue weighted by Gasteiger charge is -2.08. The summed E-state index contributed by atoms with van der Waals surface area (Å²) in [5.74, 6) is 0.293. The summed E-state index contributed by atoms with van der Waals surface area (Å²) in [7, 11) is 1.44. The molecule has 0 saturated carbocycles. The number of nitrogens with zero attached hydrogens (tertiary/aromatic N) is 1. The summed E-state index contributed by atoms with van der Waals surface area (Å²) in [6.45, 7) is 3.06. The van der Waals surface area contributed by atoms with Crippen molar-refractivity contribution in [1.82, 2.24) is 0 Å². The molecule has 1 N–H and O–H groups in total. The van der Waals surface area contributed by atoms with Crippen LogP contribution in [0.3, 0.4) is 0 Å². The van der Waals surface area contributed by atoms with Crippen LogP contribution in [0.4, 0.5) is 11.4 Å². The number of nitrogens with one attached hydrogen (secondary N) is 1. The molecule has 0 aromatic heterocycles. The van der Waals surface area contributed by atoms with Crippen molar-refractivity contribution in [3.8, 4) is 5.75 Å². The third kappa shape index (κ3) is 6.47. The van der Waals surface area contributed by atoms with E-state index < -0.39 is 4.92 Å². The van der Waals surface area contributed by atoms with Crippen molar-refractivity contribution in [2.24, 2.45) is 0 Å². The highest BCUT2D eigenvalue weighted by Gasteiger charge is 2.14. The van der Waals surface area contributed by atoms with Crippen molar-refractivity contribution in [3.63, 3.8) is 0 Å². The van der Waals surface area contributed by atoms with E-state index in [4.69, 9.17) is 4.74 Å². The van der Waals surface area contributed by atoms with Gasteiger partial charge < -0.3 is 10.1 Å². The minimum Gasteiger partial charge on any atom is -0.490 e. The summed E-state index contributed by atoms with van der Waals surface area (Å²) in [5, 5.41) is 14.2. The van der Waals surface area contributed by atoms with Crippen molar-refractivity contribution < 1.29 is 9.66 Å². The maximum Gasteiger partial charge on any atom is 0.312 e. The first-order valence-corrected chi connectivity index (χ1v) is 7.75. The van der Waals surface area contributed by atoms with Crippen LogP contribution in [-0.2, 0) is 0 Å². The number of methoxy groups -OCH3 is 1. The van der Waals surface area contributed by atoms with E-state index in [0.717, 1.165) is 18.7 Å². The van der Waals surface area contributed by atoms with Crippen LogP contribution in [0, 0.1) is 10.1 Å². The van der Waals surface area contributed by atoms with Crippen molar-refractivity contribution in [2.75, 3.05) is 19.0 Å². The Morgan fingerprint density at radius 2 is 1.81 bits per heavy atom. The molecule has 0 aliphatic rings. The van der Waals surface area contributed by atoms with E-state index in [-0.39, 0.29) is 5.69 Å². The fraction of sp³-hybridized carbons (Fsp3) is 0.625. The van der Waals surface area contributed by atoms with Crippen LogP contribution < -0.4 is 10.1 Å². The summed E-state index contributed by atoms with van der Waals surface area (Å²) in [4.78, 5) is 10.5. The van der Waals surface area contributed by atoms with E-state index in [1.807, 2.05) is 6.07 Å². The van der Waals surface area contributed by atoms with Crippen LogP contribution in [0.15, 0.2) is 18.2 Å². The highest BCUT2D eigenvalue weighted by Crippen LogP contribution is 2.29. The Labute approximate surface area is 126 Å². The molecule has 0 fully saturated rings. The maximum absolute atomic E-state index is 10.9. The zero-order valence-corrected chi connectivity index (χ0v) is 13.1. The number of benzene rings is 1. The van der Waals surface area contributed by atoms with Gasteiger partial charge in [0.2, 0.25) is 0 Å². The first kappa shape index (κ1) is 17.3. The van der Waals surface area contributed by atoms with Gasteiger partial charge in [0.15, 0.2) is 5.75 Å². The number of rotatable bonds is 11. The zero-order valence-electron chi connectivity index (χ0n) is 13.1. The van der Waals surface area contributed by atoms with Gasteiger partial charge in [-0.25, -0.2) is 0 Å². The topological polar surface area (TPSA) is 64.4 Å². The molecular formula is C16H26N2O3. The van der Waals surface area contributed by atoms with E-state index in [9.17, 15) is 10.1 Å². The second kappa shape index (κ2) is 10.0. The van der Waals surface area contributed by atoms with Gasteiger partial charge in [0.25, 0.3) is 0 Å². The second-order valence-electron chi connectivity index (χ2n) is 5.19. The molecule has 0 aliphatic carbocycles. The molecule has 118 valence electrons. The minimum atomic E-state index is -0.419. The molecule has 0 saturated heterocycles. The van der Waals surface area contributed by atoms with E-state index in [1.165, 1.54) is 51.7 Å².